The van der Waals surface area contributed by atoms with Crippen molar-refractivity contribution in [3.63, 3.8) is 0 Å². The molecule has 4 heterocycles. The summed E-state index contributed by atoms with van der Waals surface area (Å²) in [6.45, 7) is 9.20. The minimum atomic E-state index is -2.12. The summed E-state index contributed by atoms with van der Waals surface area (Å²) >= 11 is 0. The van der Waals surface area contributed by atoms with Gasteiger partial charge in [0.2, 0.25) is 12.4 Å². The van der Waals surface area contributed by atoms with E-state index in [1.807, 2.05) is 45.2 Å². The molecule has 0 radical (unpaired) electrons. The number of nitrogens with one attached hydrogen (secondary N) is 1. The maximum Gasteiger partial charge on any atom is 0.240 e. The Hall–Kier alpha value is -3.21. The molecule has 208 valence electrons. The molecule has 2 aliphatic rings. The number of nitrogens with zero attached hydrogens (tertiary/aromatic N) is 6. The molecule has 1 saturated heterocycles. The molecule has 2 fully saturated rings. The van der Waals surface area contributed by atoms with Crippen molar-refractivity contribution in [2.45, 2.75) is 78.4 Å². The molecule has 1 saturated carbocycles. The van der Waals surface area contributed by atoms with E-state index in [1.165, 1.54) is 19.8 Å². The Morgan fingerprint density at radius 3 is 2.45 bits per heavy atom. The lowest BCUT2D eigenvalue weighted by Gasteiger charge is -2.28. The Balaban J connectivity index is 0.000000218. The fraction of sp³-hybridized carbons (Fsp3) is 0.556. The van der Waals surface area contributed by atoms with Gasteiger partial charge in [0.05, 0.1) is 17.1 Å². The second kappa shape index (κ2) is 13.5. The molecule has 0 unspecified atom stereocenters. The molecular formula is C27H39F3N8. The highest BCUT2D eigenvalue weighted by Crippen LogP contribution is 2.31. The molecule has 3 aromatic heterocycles. The zero-order chi connectivity index (χ0) is 27.8. The van der Waals surface area contributed by atoms with Crippen molar-refractivity contribution in [2.24, 2.45) is 4.99 Å². The molecule has 38 heavy (non-hydrogen) atoms. The van der Waals surface area contributed by atoms with Crippen LogP contribution in [-0.2, 0) is 0 Å². The first-order chi connectivity index (χ1) is 18.1. The SMILES string of the molecule is CCC(F)F.CNc1nc(N)nn2ccc(-c3ccc(N=C(C)C)c(C)n3)c12.F[C@@H]1CCCN(C2CC2)C1. The van der Waals surface area contributed by atoms with Gasteiger partial charge < -0.3 is 11.1 Å². The first kappa shape index (κ1) is 29.3. The maximum atomic E-state index is 12.8. The highest BCUT2D eigenvalue weighted by Gasteiger charge is 2.32. The van der Waals surface area contributed by atoms with Crippen LogP contribution in [0.3, 0.4) is 0 Å². The Bertz CT molecular complexity index is 1220. The van der Waals surface area contributed by atoms with E-state index >= 15 is 0 Å². The molecule has 5 rings (SSSR count). The summed E-state index contributed by atoms with van der Waals surface area (Å²) in [5.74, 6) is 0.889. The summed E-state index contributed by atoms with van der Waals surface area (Å²) in [6, 6.07) is 6.66. The zero-order valence-corrected chi connectivity index (χ0v) is 22.9. The summed E-state index contributed by atoms with van der Waals surface area (Å²) in [4.78, 5) is 15.7. The van der Waals surface area contributed by atoms with Gasteiger partial charge in [-0.15, -0.1) is 5.10 Å². The van der Waals surface area contributed by atoms with E-state index in [4.69, 9.17) is 5.73 Å². The summed E-state index contributed by atoms with van der Waals surface area (Å²) in [7, 11) is 1.80. The molecule has 0 bridgehead atoms. The average Bonchev–Trinajstić information content (AvgIpc) is 3.65. The Kier molecular flexibility index (Phi) is 10.5. The van der Waals surface area contributed by atoms with Crippen LogP contribution in [0.2, 0.25) is 0 Å². The number of fused-ring (bicyclic) bond motifs is 1. The number of aliphatic imine (C=N–C) groups is 1. The van der Waals surface area contributed by atoms with Crippen LogP contribution in [0.25, 0.3) is 16.8 Å². The molecule has 8 nitrogen and oxygen atoms in total. The second-order valence-corrected chi connectivity index (χ2v) is 9.72. The molecular weight excluding hydrogens is 493 g/mol. The highest BCUT2D eigenvalue weighted by molar-refractivity contribution is 5.88. The van der Waals surface area contributed by atoms with E-state index in [0.717, 1.165) is 59.3 Å². The fourth-order valence-corrected chi connectivity index (χ4v) is 4.21. The normalized spacial score (nSPS) is 17.3. The number of pyridine rings is 1. The Labute approximate surface area is 222 Å². The third-order valence-electron chi connectivity index (χ3n) is 6.21. The van der Waals surface area contributed by atoms with Crippen molar-refractivity contribution < 1.29 is 13.2 Å². The highest BCUT2D eigenvalue weighted by atomic mass is 19.3. The number of aromatic nitrogens is 4. The third kappa shape index (κ3) is 8.14. The van der Waals surface area contributed by atoms with E-state index in [9.17, 15) is 13.2 Å². The van der Waals surface area contributed by atoms with E-state index in [-0.39, 0.29) is 12.4 Å². The van der Waals surface area contributed by atoms with Crippen molar-refractivity contribution >= 4 is 28.7 Å². The lowest BCUT2D eigenvalue weighted by molar-refractivity contribution is 0.132. The Morgan fingerprint density at radius 1 is 1.18 bits per heavy atom. The van der Waals surface area contributed by atoms with Crippen LogP contribution in [0.4, 0.5) is 30.6 Å². The van der Waals surface area contributed by atoms with E-state index < -0.39 is 12.6 Å². The summed E-state index contributed by atoms with van der Waals surface area (Å²) in [6.07, 6.45) is 3.66. The summed E-state index contributed by atoms with van der Waals surface area (Å²) < 4.78 is 36.0. The minimum Gasteiger partial charge on any atom is -0.371 e. The third-order valence-corrected chi connectivity index (χ3v) is 6.21. The number of nitrogen functional groups attached to an aromatic ring is 1. The standard InChI is InChI=1S/C16H19N7.C8H14FN.C3H6F2/c1-9(2)19-12-5-6-13(20-10(12)3)11-7-8-23-14(11)15(18-4)21-16(17)22-23;9-7-2-1-5-10(6-7)8-3-4-8;1-2-3(4)5/h5-8H,1-4H3,(H3,17,18,21,22);7-8H,1-6H2;3H,2H2,1H3/t;7-;/m.1./s1. The van der Waals surface area contributed by atoms with Gasteiger partial charge in [0, 0.05) is 43.5 Å². The van der Waals surface area contributed by atoms with Crippen LogP contribution in [0, 0.1) is 6.92 Å². The second-order valence-electron chi connectivity index (χ2n) is 9.72. The number of hydrogen-bond donors (Lipinski definition) is 2. The van der Waals surface area contributed by atoms with Crippen molar-refractivity contribution in [3.8, 4) is 11.3 Å². The van der Waals surface area contributed by atoms with Gasteiger partial charge in [-0.1, -0.05) is 6.92 Å². The van der Waals surface area contributed by atoms with Crippen LogP contribution in [-0.4, -0.2) is 69.0 Å². The van der Waals surface area contributed by atoms with Crippen molar-refractivity contribution in [1.82, 2.24) is 24.5 Å². The van der Waals surface area contributed by atoms with Gasteiger partial charge in [0.15, 0.2) is 5.82 Å². The lowest BCUT2D eigenvalue weighted by atomic mass is 10.1. The number of anilines is 2. The molecule has 11 heteroatoms. The number of likely N-dealkylation sites (tertiary alicyclic amines) is 1. The van der Waals surface area contributed by atoms with Crippen LogP contribution < -0.4 is 11.1 Å². The van der Waals surface area contributed by atoms with Crippen molar-refractivity contribution in [1.29, 1.82) is 0 Å². The largest absolute Gasteiger partial charge is 0.371 e. The lowest BCUT2D eigenvalue weighted by Crippen LogP contribution is -2.37. The monoisotopic (exact) mass is 532 g/mol. The van der Waals surface area contributed by atoms with Crippen LogP contribution in [0.5, 0.6) is 0 Å². The molecule has 0 spiro atoms. The van der Waals surface area contributed by atoms with Gasteiger partial charge in [0.1, 0.15) is 11.7 Å². The summed E-state index contributed by atoms with van der Waals surface area (Å²) in [5.41, 5.74) is 11.1. The van der Waals surface area contributed by atoms with Gasteiger partial charge in [-0.05, 0) is 71.2 Å². The smallest absolute Gasteiger partial charge is 0.240 e. The quantitative estimate of drug-likeness (QED) is 0.387. The predicted molar refractivity (Wildman–Crippen MR) is 148 cm³/mol. The predicted octanol–water partition coefficient (Wildman–Crippen LogP) is 6.08. The molecule has 0 amide bonds. The van der Waals surface area contributed by atoms with Crippen LogP contribution in [0.15, 0.2) is 29.4 Å². The number of hydrogen-bond acceptors (Lipinski definition) is 7. The molecule has 1 aliphatic heterocycles. The minimum absolute atomic E-state index is 0.0278. The van der Waals surface area contributed by atoms with Gasteiger partial charge >= 0.3 is 0 Å². The first-order valence-corrected chi connectivity index (χ1v) is 13.1. The molecule has 1 atom stereocenters. The Morgan fingerprint density at radius 2 is 1.89 bits per heavy atom. The van der Waals surface area contributed by atoms with Gasteiger partial charge in [-0.2, -0.15) is 4.98 Å². The summed E-state index contributed by atoms with van der Waals surface area (Å²) in [5, 5.41) is 7.26. The van der Waals surface area contributed by atoms with Crippen LogP contribution >= 0.6 is 0 Å². The fourth-order valence-electron chi connectivity index (χ4n) is 4.21. The molecule has 3 N–H and O–H groups in total. The topological polar surface area (TPSA) is 96.7 Å². The number of piperidine rings is 1. The number of halogens is 3. The van der Waals surface area contributed by atoms with E-state index in [0.29, 0.717) is 12.4 Å². The average molecular weight is 533 g/mol. The number of rotatable bonds is 5. The molecule has 3 aromatic rings. The van der Waals surface area contributed by atoms with Gasteiger partial charge in [-0.25, -0.2) is 17.7 Å². The maximum absolute atomic E-state index is 12.8. The van der Waals surface area contributed by atoms with Gasteiger partial charge in [-0.3, -0.25) is 14.9 Å². The number of alkyl halides is 3. The number of nitrogens with two attached hydrogens (primary N) is 1. The molecule has 0 aromatic carbocycles. The number of aryl methyl sites for hydroxylation is 1. The van der Waals surface area contributed by atoms with Gasteiger partial charge in [0.25, 0.3) is 0 Å². The zero-order valence-electron chi connectivity index (χ0n) is 22.9. The van der Waals surface area contributed by atoms with E-state index in [1.54, 1.807) is 11.6 Å². The van der Waals surface area contributed by atoms with E-state index in [2.05, 4.69) is 30.3 Å². The van der Waals surface area contributed by atoms with Crippen molar-refractivity contribution in [3.05, 3.63) is 30.1 Å². The molecule has 1 aliphatic carbocycles. The first-order valence-electron chi connectivity index (χ1n) is 13.1. The van der Waals surface area contributed by atoms with Crippen molar-refractivity contribution in [2.75, 3.05) is 31.2 Å². The van der Waals surface area contributed by atoms with Crippen LogP contribution in [0.1, 0.15) is 58.6 Å².